The molecule has 0 saturated heterocycles. The Balaban J connectivity index is 2.39. The van der Waals surface area contributed by atoms with Crippen molar-refractivity contribution in [3.63, 3.8) is 0 Å². The van der Waals surface area contributed by atoms with Crippen LogP contribution in [0.15, 0.2) is 24.3 Å². The van der Waals surface area contributed by atoms with Crippen LogP contribution in [-0.2, 0) is 20.8 Å². The van der Waals surface area contributed by atoms with Gasteiger partial charge in [0.2, 0.25) is 5.91 Å². The number of aliphatic hydroxyl groups excluding tert-OH is 1. The number of carbonyl (C=O) groups is 1. The van der Waals surface area contributed by atoms with Crippen LogP contribution < -0.4 is 10.1 Å². The molecule has 2 N–H and O–H groups in total. The summed E-state index contributed by atoms with van der Waals surface area (Å²) < 4.78 is 20.6. The van der Waals surface area contributed by atoms with E-state index in [4.69, 9.17) is 9.47 Å². The van der Waals surface area contributed by atoms with Crippen LogP contribution in [0.4, 0.5) is 5.69 Å². The molecule has 1 aromatic carbocycles. The molecule has 6 nitrogen and oxygen atoms in total. The number of benzene rings is 1. The maximum absolute atomic E-state index is 11.4. The zero-order chi connectivity index (χ0) is 15.5. The summed E-state index contributed by atoms with van der Waals surface area (Å²) in [6.45, 7) is 2.78. The van der Waals surface area contributed by atoms with Crippen LogP contribution in [0.25, 0.3) is 0 Å². The Morgan fingerprint density at radius 3 is 2.71 bits per heavy atom. The highest BCUT2D eigenvalue weighted by molar-refractivity contribution is 7.64. The van der Waals surface area contributed by atoms with Crippen molar-refractivity contribution < 1.29 is 23.6 Å². The van der Waals surface area contributed by atoms with Crippen LogP contribution in [0.5, 0.6) is 5.75 Å². The van der Waals surface area contributed by atoms with Gasteiger partial charge >= 0.3 is 0 Å². The van der Waals surface area contributed by atoms with Gasteiger partial charge in [0.1, 0.15) is 18.5 Å². The predicted molar refractivity (Wildman–Crippen MR) is 81.9 cm³/mol. The molecule has 0 spiro atoms. The van der Waals surface area contributed by atoms with Gasteiger partial charge in [0.05, 0.1) is 24.3 Å². The van der Waals surface area contributed by atoms with Gasteiger partial charge in [-0.1, -0.05) is 0 Å². The Kier molecular flexibility index (Phi) is 8.34. The molecule has 116 valence electrons. The topological polar surface area (TPSA) is 84.9 Å². The molecule has 21 heavy (non-hydrogen) atoms. The first-order valence-electron chi connectivity index (χ1n) is 6.54. The minimum absolute atomic E-state index is 0.0655. The second kappa shape index (κ2) is 10.1. The van der Waals surface area contributed by atoms with Gasteiger partial charge in [0.15, 0.2) is 0 Å². The van der Waals surface area contributed by atoms with Gasteiger partial charge in [-0.25, -0.2) is 4.21 Å². The van der Waals surface area contributed by atoms with E-state index >= 15 is 0 Å². The van der Waals surface area contributed by atoms with Crippen LogP contribution in [0.2, 0.25) is 0 Å². The molecule has 7 heteroatoms. The Morgan fingerprint density at radius 2 is 2.10 bits per heavy atom. The third kappa shape index (κ3) is 7.60. The first-order valence-corrected chi connectivity index (χ1v) is 7.35. The van der Waals surface area contributed by atoms with Crippen LogP contribution in [0.1, 0.15) is 13.3 Å². The Morgan fingerprint density at radius 1 is 1.38 bits per heavy atom. The summed E-state index contributed by atoms with van der Waals surface area (Å²) >= 11 is 0.268. The normalized spacial score (nSPS) is 11.5. The van der Waals surface area contributed by atoms with Crippen molar-refractivity contribution in [3.05, 3.63) is 24.3 Å². The van der Waals surface area contributed by atoms with E-state index < -0.39 is 6.10 Å². The highest BCUT2D eigenvalue weighted by Crippen LogP contribution is 2.16. The number of carbonyl (C=O) groups excluding carboxylic acids is 1. The van der Waals surface area contributed by atoms with Crippen LogP contribution in [-0.4, -0.2) is 46.5 Å². The largest absolute Gasteiger partial charge is 0.491 e. The Bertz CT molecular complexity index is 485. The lowest BCUT2D eigenvalue weighted by atomic mass is 10.3. The van der Waals surface area contributed by atoms with Crippen LogP contribution in [0, 0.1) is 0 Å². The highest BCUT2D eigenvalue weighted by atomic mass is 32.1. The van der Waals surface area contributed by atoms with Crippen molar-refractivity contribution in [2.45, 2.75) is 19.4 Å². The summed E-state index contributed by atoms with van der Waals surface area (Å²) in [7, 11) is 0. The summed E-state index contributed by atoms with van der Waals surface area (Å²) in [6.07, 6.45) is -0.611. The number of nitrogens with one attached hydrogen (secondary N) is 1. The summed E-state index contributed by atoms with van der Waals surface area (Å²) in [4.78, 5) is 11.4. The molecule has 1 rings (SSSR count). The molecule has 0 radical (unpaired) electrons. The molecule has 0 aliphatic heterocycles. The molecule has 0 heterocycles. The fourth-order valence-electron chi connectivity index (χ4n) is 1.45. The van der Waals surface area contributed by atoms with Crippen molar-refractivity contribution in [2.24, 2.45) is 0 Å². The zero-order valence-corrected chi connectivity index (χ0v) is 12.6. The lowest BCUT2D eigenvalue weighted by molar-refractivity contribution is -0.115. The second-order valence-corrected chi connectivity index (χ2v) is 4.69. The molecule has 0 saturated carbocycles. The molecule has 1 aromatic rings. The Labute approximate surface area is 127 Å². The standard InChI is InChI=1S/C14H19NO5S/c1-2-19-9-12(16)10-20-13-5-3-11(4-6-13)15-14(17)7-8-21-18/h3-6,8,12,16H,2,7,9-10H2,1H3,(H,15,17). The molecule has 0 aromatic heterocycles. The molecule has 0 bridgehead atoms. The number of ether oxygens (including phenoxy) is 2. The van der Waals surface area contributed by atoms with E-state index in [2.05, 4.69) is 5.32 Å². The molecule has 0 aliphatic carbocycles. The lowest BCUT2D eigenvalue weighted by Gasteiger charge is -2.12. The monoisotopic (exact) mass is 313 g/mol. The summed E-state index contributed by atoms with van der Waals surface area (Å²) in [5, 5.41) is 13.5. The first kappa shape index (κ1) is 17.4. The fraction of sp³-hybridized carbons (Fsp3) is 0.429. The van der Waals surface area contributed by atoms with Crippen molar-refractivity contribution in [3.8, 4) is 5.75 Å². The van der Waals surface area contributed by atoms with E-state index in [1.54, 1.807) is 24.3 Å². The van der Waals surface area contributed by atoms with Gasteiger partial charge in [-0.3, -0.25) is 4.79 Å². The number of rotatable bonds is 9. The minimum atomic E-state index is -0.676. The van der Waals surface area contributed by atoms with Gasteiger partial charge < -0.3 is 19.9 Å². The zero-order valence-electron chi connectivity index (χ0n) is 11.8. The number of amides is 1. The molecule has 1 atom stereocenters. The van der Waals surface area contributed by atoms with E-state index in [0.717, 1.165) is 0 Å². The van der Waals surface area contributed by atoms with Crippen LogP contribution in [0.3, 0.4) is 0 Å². The number of aliphatic hydroxyl groups is 1. The van der Waals surface area contributed by atoms with E-state index in [0.29, 0.717) is 18.0 Å². The van der Waals surface area contributed by atoms with Gasteiger partial charge in [-0.15, -0.1) is 0 Å². The smallest absolute Gasteiger partial charge is 0.229 e. The predicted octanol–water partition coefficient (Wildman–Crippen LogP) is 0.807. The molecular weight excluding hydrogens is 294 g/mol. The number of anilines is 1. The summed E-state index contributed by atoms with van der Waals surface area (Å²) in [6, 6.07) is 6.75. The highest BCUT2D eigenvalue weighted by Gasteiger charge is 2.05. The maximum Gasteiger partial charge on any atom is 0.229 e. The third-order valence-electron chi connectivity index (χ3n) is 2.43. The van der Waals surface area contributed by atoms with Crippen molar-refractivity contribution >= 4 is 28.2 Å². The average molecular weight is 313 g/mol. The third-order valence-corrected chi connectivity index (χ3v) is 2.73. The molecule has 0 aliphatic rings. The van der Waals surface area contributed by atoms with E-state index in [1.807, 2.05) is 6.92 Å². The quantitative estimate of drug-likeness (QED) is 0.659. The van der Waals surface area contributed by atoms with E-state index in [9.17, 15) is 14.1 Å². The molecular formula is C14H19NO5S. The van der Waals surface area contributed by atoms with Crippen molar-refractivity contribution in [1.29, 1.82) is 0 Å². The van der Waals surface area contributed by atoms with Gasteiger partial charge in [0, 0.05) is 17.7 Å². The van der Waals surface area contributed by atoms with Crippen LogP contribution >= 0.6 is 0 Å². The maximum atomic E-state index is 11.4. The lowest BCUT2D eigenvalue weighted by Crippen LogP contribution is -2.23. The molecule has 1 unspecified atom stereocenters. The summed E-state index contributed by atoms with van der Waals surface area (Å²) in [5.74, 6) is 0.337. The SMILES string of the molecule is CCOCC(O)COc1ccc(NC(=O)CC=S=O)cc1. The van der Waals surface area contributed by atoms with Gasteiger partial charge in [0.25, 0.3) is 0 Å². The summed E-state index contributed by atoms with van der Waals surface area (Å²) in [5.41, 5.74) is 0.617. The first-order chi connectivity index (χ1) is 10.2. The van der Waals surface area contributed by atoms with Gasteiger partial charge in [-0.05, 0) is 31.2 Å². The second-order valence-electron chi connectivity index (χ2n) is 4.16. The number of hydrogen-bond donors (Lipinski definition) is 2. The van der Waals surface area contributed by atoms with Gasteiger partial charge in [-0.2, -0.15) is 0 Å². The Hall–Kier alpha value is -1.70. The van der Waals surface area contributed by atoms with Crippen molar-refractivity contribution in [2.75, 3.05) is 25.1 Å². The van der Waals surface area contributed by atoms with E-state index in [1.165, 1.54) is 5.37 Å². The molecule has 0 fully saturated rings. The fourth-order valence-corrected chi connectivity index (χ4v) is 1.67. The van der Waals surface area contributed by atoms with E-state index in [-0.39, 0.29) is 36.8 Å². The van der Waals surface area contributed by atoms with Crippen molar-refractivity contribution in [1.82, 2.24) is 0 Å². The molecule has 1 amide bonds. The minimum Gasteiger partial charge on any atom is -0.491 e. The number of hydrogen-bond acceptors (Lipinski definition) is 5. The average Bonchev–Trinajstić information content (AvgIpc) is 2.50.